The minimum absolute atomic E-state index is 0.208. The van der Waals surface area contributed by atoms with Crippen molar-refractivity contribution >= 4 is 34.0 Å². The molecule has 33 heavy (non-hydrogen) atoms. The van der Waals surface area contributed by atoms with Crippen molar-refractivity contribution in [2.45, 2.75) is 0 Å². The maximum absolute atomic E-state index is 14.2. The number of nitrogens with zero attached hydrogens (tertiary/aromatic N) is 4. The highest BCUT2D eigenvalue weighted by molar-refractivity contribution is 6.30. The molecule has 5 rings (SSSR count). The van der Waals surface area contributed by atoms with E-state index in [1.165, 1.54) is 10.7 Å². The monoisotopic (exact) mass is 462 g/mol. The minimum Gasteiger partial charge on any atom is -0.366 e. The molecule has 0 saturated carbocycles. The van der Waals surface area contributed by atoms with Gasteiger partial charge in [-0.1, -0.05) is 41.9 Å². The Morgan fingerprint density at radius 2 is 1.48 bits per heavy atom. The van der Waals surface area contributed by atoms with Gasteiger partial charge in [0.15, 0.2) is 5.69 Å². The molecule has 3 aromatic carbocycles. The normalized spacial score (nSPS) is 14.0. The molecule has 1 aliphatic rings. The first-order valence-corrected chi connectivity index (χ1v) is 11.0. The number of carbonyl (C=O) groups excluding carboxylic acids is 1. The number of amides is 1. The van der Waals surface area contributed by atoms with Gasteiger partial charge in [0.2, 0.25) is 0 Å². The van der Waals surface area contributed by atoms with Crippen LogP contribution in [0.1, 0.15) is 10.5 Å². The van der Waals surface area contributed by atoms with E-state index in [2.05, 4.69) is 5.10 Å². The third kappa shape index (κ3) is 3.96. The number of halogens is 2. The highest BCUT2D eigenvalue weighted by atomic mass is 35.5. The topological polar surface area (TPSA) is 58.4 Å². The Kier molecular flexibility index (Phi) is 5.56. The lowest BCUT2D eigenvalue weighted by Crippen LogP contribution is -2.49. The second-order valence-corrected chi connectivity index (χ2v) is 8.25. The van der Waals surface area contributed by atoms with E-state index in [1.54, 1.807) is 71.6 Å². The van der Waals surface area contributed by atoms with E-state index in [0.717, 1.165) is 0 Å². The number of aromatic nitrogens is 2. The third-order valence-corrected chi connectivity index (χ3v) is 6.09. The fourth-order valence-electron chi connectivity index (χ4n) is 4.11. The molecule has 0 unspecified atom stereocenters. The van der Waals surface area contributed by atoms with Crippen LogP contribution >= 0.6 is 11.6 Å². The van der Waals surface area contributed by atoms with Crippen molar-refractivity contribution in [1.29, 1.82) is 0 Å². The molecule has 0 aliphatic carbocycles. The second-order valence-electron chi connectivity index (χ2n) is 7.82. The van der Waals surface area contributed by atoms with Crippen LogP contribution in [0.5, 0.6) is 0 Å². The summed E-state index contributed by atoms with van der Waals surface area (Å²) in [5, 5.41) is 5.92. The Morgan fingerprint density at radius 1 is 0.848 bits per heavy atom. The van der Waals surface area contributed by atoms with Crippen molar-refractivity contribution in [2.24, 2.45) is 0 Å². The fraction of sp³-hybridized carbons (Fsp3) is 0.160. The summed E-state index contributed by atoms with van der Waals surface area (Å²) in [6.07, 6.45) is 0. The van der Waals surface area contributed by atoms with Crippen molar-refractivity contribution < 1.29 is 9.18 Å². The van der Waals surface area contributed by atoms with Crippen LogP contribution < -0.4 is 10.5 Å². The van der Waals surface area contributed by atoms with Gasteiger partial charge >= 0.3 is 0 Å². The van der Waals surface area contributed by atoms with Gasteiger partial charge in [-0.3, -0.25) is 9.59 Å². The zero-order chi connectivity index (χ0) is 22.9. The van der Waals surface area contributed by atoms with E-state index in [1.807, 2.05) is 4.90 Å². The Morgan fingerprint density at radius 3 is 2.18 bits per heavy atom. The number of hydrogen-bond acceptors (Lipinski definition) is 4. The summed E-state index contributed by atoms with van der Waals surface area (Å²) >= 11 is 5.99. The Hall–Kier alpha value is -3.71. The fourth-order valence-corrected chi connectivity index (χ4v) is 4.24. The number of carbonyl (C=O) groups is 1. The van der Waals surface area contributed by atoms with Crippen LogP contribution in [0.15, 0.2) is 77.6 Å². The molecule has 166 valence electrons. The van der Waals surface area contributed by atoms with Gasteiger partial charge in [0.25, 0.3) is 11.5 Å². The lowest BCUT2D eigenvalue weighted by Gasteiger charge is -2.36. The van der Waals surface area contributed by atoms with Gasteiger partial charge < -0.3 is 9.80 Å². The molecule has 6 nitrogen and oxygen atoms in total. The maximum Gasteiger partial charge on any atom is 0.279 e. The first-order chi connectivity index (χ1) is 16.0. The van der Waals surface area contributed by atoms with Crippen molar-refractivity contribution in [3.63, 3.8) is 0 Å². The number of para-hydroxylation sites is 1. The van der Waals surface area contributed by atoms with Crippen LogP contribution in [-0.2, 0) is 0 Å². The van der Waals surface area contributed by atoms with Crippen molar-refractivity contribution in [3.8, 4) is 5.69 Å². The molecule has 0 spiro atoms. The van der Waals surface area contributed by atoms with Gasteiger partial charge in [0.05, 0.1) is 16.8 Å². The quantitative estimate of drug-likeness (QED) is 0.459. The molecule has 4 aromatic rings. The van der Waals surface area contributed by atoms with E-state index in [4.69, 9.17) is 11.6 Å². The number of hydrogen-bond donors (Lipinski definition) is 0. The van der Waals surface area contributed by atoms with Gasteiger partial charge in [-0.2, -0.15) is 9.78 Å². The van der Waals surface area contributed by atoms with E-state index in [0.29, 0.717) is 53.3 Å². The first kappa shape index (κ1) is 21.2. The number of piperazine rings is 1. The summed E-state index contributed by atoms with van der Waals surface area (Å²) in [7, 11) is 0. The molecule has 0 bridgehead atoms. The Balaban J connectivity index is 1.49. The molecule has 0 N–H and O–H groups in total. The first-order valence-electron chi connectivity index (χ1n) is 10.6. The van der Waals surface area contributed by atoms with Crippen molar-refractivity contribution in [2.75, 3.05) is 31.1 Å². The molecule has 1 amide bonds. The van der Waals surface area contributed by atoms with Crippen LogP contribution in [0.25, 0.3) is 16.5 Å². The zero-order valence-electron chi connectivity index (χ0n) is 17.6. The van der Waals surface area contributed by atoms with Crippen LogP contribution in [0.4, 0.5) is 10.1 Å². The third-order valence-electron chi connectivity index (χ3n) is 5.84. The zero-order valence-corrected chi connectivity index (χ0v) is 18.4. The predicted octanol–water partition coefficient (Wildman–Crippen LogP) is 4.14. The average Bonchev–Trinajstić information content (AvgIpc) is 2.85. The Bertz CT molecular complexity index is 1400. The molecular weight excluding hydrogens is 443 g/mol. The molecule has 2 heterocycles. The SMILES string of the molecule is O=C(c1nn(-c2ccc(Cl)cc2)c(=O)c2ccccc12)N1CCN(c2ccccc2F)CC1. The Labute approximate surface area is 194 Å². The van der Waals surface area contributed by atoms with E-state index < -0.39 is 0 Å². The van der Waals surface area contributed by atoms with E-state index in [9.17, 15) is 14.0 Å². The lowest BCUT2D eigenvalue weighted by atomic mass is 10.1. The molecule has 8 heteroatoms. The molecule has 0 radical (unpaired) electrons. The molecule has 1 fully saturated rings. The van der Waals surface area contributed by atoms with Crippen molar-refractivity contribution in [3.05, 3.63) is 99.7 Å². The second kappa shape index (κ2) is 8.67. The lowest BCUT2D eigenvalue weighted by molar-refractivity contribution is 0.0741. The van der Waals surface area contributed by atoms with E-state index >= 15 is 0 Å². The van der Waals surface area contributed by atoms with Gasteiger partial charge in [-0.05, 0) is 42.5 Å². The van der Waals surface area contributed by atoms with Gasteiger partial charge in [0.1, 0.15) is 5.82 Å². The predicted molar refractivity (Wildman–Crippen MR) is 127 cm³/mol. The summed E-state index contributed by atoms with van der Waals surface area (Å²) in [5.41, 5.74) is 0.950. The van der Waals surface area contributed by atoms with Crippen LogP contribution in [-0.4, -0.2) is 46.8 Å². The molecular formula is C25H20ClFN4O2. The number of benzene rings is 3. The molecule has 1 aromatic heterocycles. The summed E-state index contributed by atoms with van der Waals surface area (Å²) in [6.45, 7) is 1.84. The standard InChI is InChI=1S/C25H20ClFN4O2/c26-17-9-11-18(12-10-17)31-24(32)20-6-2-1-5-19(20)23(28-31)25(33)30-15-13-29(14-16-30)22-8-4-3-7-21(22)27/h1-12H,13-16H2. The van der Waals surface area contributed by atoms with Crippen LogP contribution in [0.2, 0.25) is 5.02 Å². The highest BCUT2D eigenvalue weighted by Crippen LogP contribution is 2.22. The number of fused-ring (bicyclic) bond motifs is 1. The average molecular weight is 463 g/mol. The molecule has 1 saturated heterocycles. The number of anilines is 1. The highest BCUT2D eigenvalue weighted by Gasteiger charge is 2.27. The molecule has 1 aliphatic heterocycles. The number of rotatable bonds is 3. The summed E-state index contributed by atoms with van der Waals surface area (Å²) in [5.74, 6) is -0.540. The maximum atomic E-state index is 14.2. The van der Waals surface area contributed by atoms with E-state index in [-0.39, 0.29) is 23.0 Å². The van der Waals surface area contributed by atoms with Gasteiger partial charge in [-0.15, -0.1) is 0 Å². The summed E-state index contributed by atoms with van der Waals surface area (Å²) in [4.78, 5) is 30.2. The van der Waals surface area contributed by atoms with Gasteiger partial charge in [0, 0.05) is 36.6 Å². The summed E-state index contributed by atoms with van der Waals surface area (Å²) in [6, 6.07) is 20.3. The van der Waals surface area contributed by atoms with Crippen molar-refractivity contribution in [1.82, 2.24) is 14.7 Å². The minimum atomic E-state index is -0.311. The van der Waals surface area contributed by atoms with Gasteiger partial charge in [-0.25, -0.2) is 4.39 Å². The van der Waals surface area contributed by atoms with Crippen LogP contribution in [0.3, 0.4) is 0 Å². The largest absolute Gasteiger partial charge is 0.366 e. The summed E-state index contributed by atoms with van der Waals surface area (Å²) < 4.78 is 15.4. The van der Waals surface area contributed by atoms with Crippen LogP contribution in [0, 0.1) is 5.82 Å². The molecule has 0 atom stereocenters. The smallest absolute Gasteiger partial charge is 0.279 e.